The van der Waals surface area contributed by atoms with Crippen molar-refractivity contribution in [2.45, 2.75) is 38.8 Å². The third kappa shape index (κ3) is 2.57. The van der Waals surface area contributed by atoms with E-state index in [9.17, 15) is 4.79 Å². The minimum absolute atomic E-state index is 0.256. The van der Waals surface area contributed by atoms with E-state index in [4.69, 9.17) is 9.63 Å². The average Bonchev–Trinajstić information content (AvgIpc) is 2.97. The third-order valence-electron chi connectivity index (χ3n) is 2.66. The summed E-state index contributed by atoms with van der Waals surface area (Å²) in [4.78, 5) is 15.0. The van der Waals surface area contributed by atoms with Gasteiger partial charge in [0.2, 0.25) is 5.89 Å². The van der Waals surface area contributed by atoms with Gasteiger partial charge in [-0.15, -0.1) is 0 Å². The van der Waals surface area contributed by atoms with E-state index in [0.29, 0.717) is 24.7 Å². The molecule has 1 aromatic heterocycles. The van der Waals surface area contributed by atoms with Crippen LogP contribution in [-0.4, -0.2) is 27.3 Å². The van der Waals surface area contributed by atoms with Crippen molar-refractivity contribution < 1.29 is 14.4 Å². The van der Waals surface area contributed by atoms with Crippen LogP contribution in [0.3, 0.4) is 0 Å². The van der Waals surface area contributed by atoms with Crippen LogP contribution in [0.2, 0.25) is 0 Å². The fourth-order valence-electron chi connectivity index (χ4n) is 1.59. The zero-order valence-electron chi connectivity index (χ0n) is 9.14. The number of rotatable bonds is 6. The van der Waals surface area contributed by atoms with Gasteiger partial charge in [0.1, 0.15) is 6.04 Å². The molecule has 16 heavy (non-hydrogen) atoms. The summed E-state index contributed by atoms with van der Waals surface area (Å²) in [6.07, 6.45) is 2.68. The van der Waals surface area contributed by atoms with Crippen molar-refractivity contribution in [3.8, 4) is 0 Å². The second-order valence-corrected chi connectivity index (χ2v) is 3.99. The molecular weight excluding hydrogens is 210 g/mol. The van der Waals surface area contributed by atoms with E-state index in [1.807, 2.05) is 6.92 Å². The standard InChI is InChI=1S/C10H15N3O3/c1-2-7-12-8(16-13-7)5-11-9(10(14)15)6-3-4-6/h6,9,11H,2-5H2,1H3,(H,14,15). The van der Waals surface area contributed by atoms with E-state index < -0.39 is 12.0 Å². The summed E-state index contributed by atoms with van der Waals surface area (Å²) >= 11 is 0. The lowest BCUT2D eigenvalue weighted by atomic mass is 10.2. The summed E-state index contributed by atoms with van der Waals surface area (Å²) in [6.45, 7) is 2.26. The highest BCUT2D eigenvalue weighted by Crippen LogP contribution is 2.32. The molecule has 1 aliphatic carbocycles. The zero-order valence-corrected chi connectivity index (χ0v) is 9.14. The van der Waals surface area contributed by atoms with E-state index in [-0.39, 0.29) is 5.92 Å². The second-order valence-electron chi connectivity index (χ2n) is 3.99. The Morgan fingerprint density at radius 1 is 1.69 bits per heavy atom. The molecule has 6 heteroatoms. The van der Waals surface area contributed by atoms with E-state index in [1.54, 1.807) is 0 Å². The van der Waals surface area contributed by atoms with Crippen molar-refractivity contribution >= 4 is 5.97 Å². The summed E-state index contributed by atoms with van der Waals surface area (Å²) in [5.74, 6) is 0.544. The number of carboxylic acids is 1. The summed E-state index contributed by atoms with van der Waals surface area (Å²) < 4.78 is 4.97. The third-order valence-corrected chi connectivity index (χ3v) is 2.66. The van der Waals surface area contributed by atoms with E-state index in [0.717, 1.165) is 12.8 Å². The summed E-state index contributed by atoms with van der Waals surface area (Å²) in [5.41, 5.74) is 0. The van der Waals surface area contributed by atoms with Gasteiger partial charge in [-0.25, -0.2) is 0 Å². The molecule has 2 N–H and O–H groups in total. The van der Waals surface area contributed by atoms with Crippen LogP contribution in [0.15, 0.2) is 4.52 Å². The van der Waals surface area contributed by atoms with Gasteiger partial charge in [-0.1, -0.05) is 12.1 Å². The number of aliphatic carboxylic acids is 1. The molecule has 1 aromatic rings. The second kappa shape index (κ2) is 4.61. The first-order valence-corrected chi connectivity index (χ1v) is 5.48. The Balaban J connectivity index is 1.87. The smallest absolute Gasteiger partial charge is 0.320 e. The van der Waals surface area contributed by atoms with Gasteiger partial charge in [0, 0.05) is 6.42 Å². The largest absolute Gasteiger partial charge is 0.480 e. The number of hydrogen-bond donors (Lipinski definition) is 2. The van der Waals surface area contributed by atoms with Crippen molar-refractivity contribution in [2.24, 2.45) is 5.92 Å². The summed E-state index contributed by atoms with van der Waals surface area (Å²) in [6, 6.07) is -0.489. The lowest BCUT2D eigenvalue weighted by Gasteiger charge is -2.10. The predicted molar refractivity (Wildman–Crippen MR) is 54.7 cm³/mol. The molecule has 2 rings (SSSR count). The molecule has 0 bridgehead atoms. The molecule has 1 saturated carbocycles. The Bertz CT molecular complexity index is 373. The number of hydrogen-bond acceptors (Lipinski definition) is 5. The van der Waals surface area contributed by atoms with Crippen molar-refractivity contribution in [2.75, 3.05) is 0 Å². The van der Waals surface area contributed by atoms with Crippen LogP contribution in [0, 0.1) is 5.92 Å². The number of nitrogens with one attached hydrogen (secondary N) is 1. The maximum Gasteiger partial charge on any atom is 0.320 e. The number of carbonyl (C=O) groups is 1. The lowest BCUT2D eigenvalue weighted by molar-refractivity contribution is -0.140. The molecule has 88 valence electrons. The Hall–Kier alpha value is -1.43. The number of aryl methyl sites for hydroxylation is 1. The van der Waals surface area contributed by atoms with Crippen molar-refractivity contribution in [1.82, 2.24) is 15.5 Å². The molecule has 1 aliphatic rings. The van der Waals surface area contributed by atoms with Crippen LogP contribution in [0.1, 0.15) is 31.5 Å². The number of nitrogens with zero attached hydrogens (tertiary/aromatic N) is 2. The topological polar surface area (TPSA) is 88.2 Å². The van der Waals surface area contributed by atoms with Crippen LogP contribution >= 0.6 is 0 Å². The van der Waals surface area contributed by atoms with Gasteiger partial charge in [0.15, 0.2) is 5.82 Å². The first-order chi connectivity index (χ1) is 7.70. The Morgan fingerprint density at radius 3 is 2.94 bits per heavy atom. The van der Waals surface area contributed by atoms with Gasteiger partial charge in [-0.2, -0.15) is 4.98 Å². The Labute approximate surface area is 93.0 Å². The minimum Gasteiger partial charge on any atom is -0.480 e. The monoisotopic (exact) mass is 225 g/mol. The molecule has 1 fully saturated rings. The Kier molecular flexibility index (Phi) is 3.19. The molecule has 1 atom stereocenters. The molecular formula is C10H15N3O3. The van der Waals surface area contributed by atoms with Crippen LogP contribution in [-0.2, 0) is 17.8 Å². The SMILES string of the molecule is CCc1noc(CNC(C(=O)O)C2CC2)n1. The lowest BCUT2D eigenvalue weighted by Crippen LogP contribution is -2.38. The van der Waals surface area contributed by atoms with Crippen LogP contribution in [0.25, 0.3) is 0 Å². The van der Waals surface area contributed by atoms with Crippen LogP contribution in [0.5, 0.6) is 0 Å². The molecule has 1 heterocycles. The molecule has 1 unspecified atom stereocenters. The highest BCUT2D eigenvalue weighted by Gasteiger charge is 2.36. The zero-order chi connectivity index (χ0) is 11.5. The minimum atomic E-state index is -0.808. The average molecular weight is 225 g/mol. The van der Waals surface area contributed by atoms with E-state index in [2.05, 4.69) is 15.5 Å². The van der Waals surface area contributed by atoms with Gasteiger partial charge < -0.3 is 9.63 Å². The van der Waals surface area contributed by atoms with Gasteiger partial charge in [0.05, 0.1) is 6.54 Å². The van der Waals surface area contributed by atoms with Crippen molar-refractivity contribution in [3.63, 3.8) is 0 Å². The van der Waals surface area contributed by atoms with Gasteiger partial charge in [-0.3, -0.25) is 10.1 Å². The fraction of sp³-hybridized carbons (Fsp3) is 0.700. The fourth-order valence-corrected chi connectivity index (χ4v) is 1.59. The van der Waals surface area contributed by atoms with E-state index in [1.165, 1.54) is 0 Å². The predicted octanol–water partition coefficient (Wildman–Crippen LogP) is 0.585. The maximum absolute atomic E-state index is 10.9. The van der Waals surface area contributed by atoms with Gasteiger partial charge in [0.25, 0.3) is 0 Å². The summed E-state index contributed by atoms with van der Waals surface area (Å²) in [7, 11) is 0. The molecule has 0 radical (unpaired) electrons. The highest BCUT2D eigenvalue weighted by atomic mass is 16.5. The van der Waals surface area contributed by atoms with Gasteiger partial charge >= 0.3 is 5.97 Å². The van der Waals surface area contributed by atoms with Crippen LogP contribution in [0.4, 0.5) is 0 Å². The van der Waals surface area contributed by atoms with Gasteiger partial charge in [-0.05, 0) is 18.8 Å². The van der Waals surface area contributed by atoms with Crippen molar-refractivity contribution in [3.05, 3.63) is 11.7 Å². The quantitative estimate of drug-likeness (QED) is 0.736. The first-order valence-electron chi connectivity index (χ1n) is 5.48. The molecule has 0 aliphatic heterocycles. The molecule has 0 amide bonds. The molecule has 0 aromatic carbocycles. The first kappa shape index (κ1) is 11.1. The maximum atomic E-state index is 10.9. The highest BCUT2D eigenvalue weighted by molar-refractivity contribution is 5.74. The Morgan fingerprint density at radius 2 is 2.44 bits per heavy atom. The summed E-state index contributed by atoms with van der Waals surface area (Å²) in [5, 5.41) is 15.7. The van der Waals surface area contributed by atoms with Crippen molar-refractivity contribution in [1.29, 1.82) is 0 Å². The number of carboxylic acid groups (broad SMARTS) is 1. The number of aromatic nitrogens is 2. The molecule has 0 spiro atoms. The van der Waals surface area contributed by atoms with E-state index >= 15 is 0 Å². The van der Waals surface area contributed by atoms with Crippen LogP contribution < -0.4 is 5.32 Å². The molecule has 0 saturated heterocycles. The normalized spacial score (nSPS) is 17.3. The molecule has 6 nitrogen and oxygen atoms in total.